The minimum absolute atomic E-state index is 0.282. The Hall–Kier alpha value is -2.30. The maximum Gasteiger partial charge on any atom is 0.339 e. The van der Waals surface area contributed by atoms with Crippen LogP contribution in [0.4, 0.5) is 5.69 Å². The van der Waals surface area contributed by atoms with Crippen LogP contribution < -0.4 is 5.32 Å². The Morgan fingerprint density at radius 1 is 1.17 bits per heavy atom. The molecule has 0 saturated heterocycles. The third-order valence-corrected chi connectivity index (χ3v) is 4.51. The molecule has 7 heteroatoms. The summed E-state index contributed by atoms with van der Waals surface area (Å²) in [6.45, 7) is -0.391. The maximum atomic E-state index is 12.0. The van der Waals surface area contributed by atoms with Gasteiger partial charge in [-0.15, -0.1) is 11.8 Å². The van der Waals surface area contributed by atoms with Gasteiger partial charge in [0.05, 0.1) is 23.1 Å². The van der Waals surface area contributed by atoms with Gasteiger partial charge in [-0.25, -0.2) is 4.79 Å². The molecule has 5 nitrogen and oxygen atoms in total. The Labute approximate surface area is 152 Å². The highest BCUT2D eigenvalue weighted by Gasteiger charge is 2.13. The summed E-state index contributed by atoms with van der Waals surface area (Å²) >= 11 is 4.58. The number of nitriles is 1. The lowest BCUT2D eigenvalue weighted by atomic mass is 10.2. The number of carbonyl (C=O) groups is 2. The van der Waals surface area contributed by atoms with Crippen molar-refractivity contribution in [2.75, 3.05) is 17.7 Å². The molecule has 0 radical (unpaired) electrons. The number of halogens is 1. The molecular weight excluding hydrogens is 392 g/mol. The molecule has 0 aromatic heterocycles. The van der Waals surface area contributed by atoms with E-state index in [4.69, 9.17) is 10.00 Å². The molecule has 0 aliphatic carbocycles. The Kier molecular flexibility index (Phi) is 6.85. The van der Waals surface area contributed by atoms with E-state index in [0.29, 0.717) is 15.7 Å². The van der Waals surface area contributed by atoms with Crippen molar-refractivity contribution in [3.63, 3.8) is 0 Å². The molecule has 0 aliphatic rings. The zero-order valence-electron chi connectivity index (χ0n) is 12.5. The van der Waals surface area contributed by atoms with Crippen LogP contribution in [-0.2, 0) is 9.53 Å². The van der Waals surface area contributed by atoms with Crippen molar-refractivity contribution in [3.8, 4) is 6.07 Å². The minimum Gasteiger partial charge on any atom is -0.452 e. The van der Waals surface area contributed by atoms with E-state index >= 15 is 0 Å². The van der Waals surface area contributed by atoms with Gasteiger partial charge in [-0.1, -0.05) is 24.3 Å². The number of amides is 1. The molecule has 2 rings (SSSR count). The number of rotatable bonds is 6. The molecule has 1 amide bonds. The van der Waals surface area contributed by atoms with Crippen molar-refractivity contribution in [1.29, 1.82) is 5.26 Å². The predicted molar refractivity (Wildman–Crippen MR) is 95.8 cm³/mol. The number of carbonyl (C=O) groups excluding carboxylic acids is 2. The van der Waals surface area contributed by atoms with Gasteiger partial charge < -0.3 is 10.1 Å². The van der Waals surface area contributed by atoms with Crippen molar-refractivity contribution in [1.82, 2.24) is 0 Å². The fraction of sp³-hybridized carbons (Fsp3) is 0.118. The lowest BCUT2D eigenvalue weighted by Crippen LogP contribution is -2.21. The first-order chi connectivity index (χ1) is 11.6. The number of benzene rings is 2. The largest absolute Gasteiger partial charge is 0.452 e. The summed E-state index contributed by atoms with van der Waals surface area (Å²) in [7, 11) is 0. The number of hydrogen-bond donors (Lipinski definition) is 1. The molecule has 0 bridgehead atoms. The van der Waals surface area contributed by atoms with Gasteiger partial charge in [0.1, 0.15) is 0 Å². The predicted octanol–water partition coefficient (Wildman–Crippen LogP) is 3.86. The molecule has 0 spiro atoms. The molecule has 2 aromatic carbocycles. The summed E-state index contributed by atoms with van der Waals surface area (Å²) in [6, 6.07) is 16.0. The lowest BCUT2D eigenvalue weighted by molar-refractivity contribution is -0.119. The third kappa shape index (κ3) is 5.11. The Morgan fingerprint density at radius 3 is 2.62 bits per heavy atom. The van der Waals surface area contributed by atoms with Gasteiger partial charge in [0.15, 0.2) is 6.61 Å². The first-order valence-electron chi connectivity index (χ1n) is 6.92. The van der Waals surface area contributed by atoms with Crippen LogP contribution >= 0.6 is 27.7 Å². The fourth-order valence-electron chi connectivity index (χ4n) is 1.83. The fourth-order valence-corrected chi connectivity index (χ4v) is 2.94. The summed E-state index contributed by atoms with van der Waals surface area (Å²) in [4.78, 5) is 24.7. The van der Waals surface area contributed by atoms with Gasteiger partial charge >= 0.3 is 5.97 Å². The standard InChI is InChI=1S/C17H13BrN2O3S/c18-13-6-2-1-5-12(13)17(22)23-11-16(21)20-14-7-3-4-8-15(14)24-10-9-19/h1-8H,10-11H2,(H,20,21). The molecule has 0 heterocycles. The van der Waals surface area contributed by atoms with Gasteiger partial charge in [-0.05, 0) is 40.2 Å². The van der Waals surface area contributed by atoms with Crippen molar-refractivity contribution < 1.29 is 14.3 Å². The molecule has 0 aliphatic heterocycles. The number of thioether (sulfide) groups is 1. The van der Waals surface area contributed by atoms with E-state index < -0.39 is 18.5 Å². The summed E-state index contributed by atoms with van der Waals surface area (Å²) in [5.41, 5.74) is 0.940. The van der Waals surface area contributed by atoms with Crippen LogP contribution in [0.3, 0.4) is 0 Å². The Morgan fingerprint density at radius 2 is 1.88 bits per heavy atom. The molecule has 0 atom stereocenters. The van der Waals surface area contributed by atoms with Crippen LogP contribution in [-0.4, -0.2) is 24.2 Å². The summed E-state index contributed by atoms with van der Waals surface area (Å²) in [5.74, 6) is -0.741. The highest BCUT2D eigenvalue weighted by Crippen LogP contribution is 2.26. The SMILES string of the molecule is N#CCSc1ccccc1NC(=O)COC(=O)c1ccccc1Br. The van der Waals surface area contributed by atoms with E-state index in [1.54, 1.807) is 36.4 Å². The first-order valence-corrected chi connectivity index (χ1v) is 8.70. The van der Waals surface area contributed by atoms with Crippen LogP contribution in [0.15, 0.2) is 57.9 Å². The highest BCUT2D eigenvalue weighted by atomic mass is 79.9. The van der Waals surface area contributed by atoms with Crippen molar-refractivity contribution in [2.45, 2.75) is 4.90 Å². The summed E-state index contributed by atoms with van der Waals surface area (Å²) in [6.07, 6.45) is 0. The monoisotopic (exact) mass is 404 g/mol. The molecule has 0 fully saturated rings. The maximum absolute atomic E-state index is 12.0. The first kappa shape index (κ1) is 18.0. The number of ether oxygens (including phenoxy) is 1. The number of esters is 1. The Bertz CT molecular complexity index is 789. The molecule has 0 unspecified atom stereocenters. The van der Waals surface area contributed by atoms with Gasteiger partial charge in [0, 0.05) is 9.37 Å². The lowest BCUT2D eigenvalue weighted by Gasteiger charge is -2.10. The van der Waals surface area contributed by atoms with Gasteiger partial charge in [0.25, 0.3) is 5.91 Å². The molecular formula is C17H13BrN2O3S. The minimum atomic E-state index is -0.579. The number of nitrogens with zero attached hydrogens (tertiary/aromatic N) is 1. The van der Waals surface area contributed by atoms with Crippen LogP contribution in [0.25, 0.3) is 0 Å². The Balaban J connectivity index is 1.94. The van der Waals surface area contributed by atoms with E-state index in [2.05, 4.69) is 21.2 Å². The highest BCUT2D eigenvalue weighted by molar-refractivity contribution is 9.10. The number of para-hydroxylation sites is 1. The van der Waals surface area contributed by atoms with Gasteiger partial charge in [-0.3, -0.25) is 4.79 Å². The number of anilines is 1. The van der Waals surface area contributed by atoms with E-state index in [-0.39, 0.29) is 5.75 Å². The van der Waals surface area contributed by atoms with Crippen molar-refractivity contribution >= 4 is 45.3 Å². The third-order valence-electron chi connectivity index (χ3n) is 2.88. The van der Waals surface area contributed by atoms with Gasteiger partial charge in [0.2, 0.25) is 0 Å². The van der Waals surface area contributed by atoms with Gasteiger partial charge in [-0.2, -0.15) is 5.26 Å². The van der Waals surface area contributed by atoms with Crippen molar-refractivity contribution in [3.05, 3.63) is 58.6 Å². The van der Waals surface area contributed by atoms with Crippen LogP contribution in [0.2, 0.25) is 0 Å². The van der Waals surface area contributed by atoms with E-state index in [1.807, 2.05) is 18.2 Å². The second-order valence-corrected chi connectivity index (χ2v) is 6.42. The smallest absolute Gasteiger partial charge is 0.339 e. The quantitative estimate of drug-likeness (QED) is 0.583. The normalized spacial score (nSPS) is 9.83. The summed E-state index contributed by atoms with van der Waals surface area (Å²) < 4.78 is 5.63. The van der Waals surface area contributed by atoms with E-state index in [1.165, 1.54) is 11.8 Å². The zero-order chi connectivity index (χ0) is 17.4. The second kappa shape index (κ2) is 9.11. The molecule has 1 N–H and O–H groups in total. The number of nitrogens with one attached hydrogen (secondary N) is 1. The van der Waals surface area contributed by atoms with Crippen LogP contribution in [0.5, 0.6) is 0 Å². The zero-order valence-corrected chi connectivity index (χ0v) is 14.9. The molecule has 2 aromatic rings. The molecule has 0 saturated carbocycles. The molecule has 24 heavy (non-hydrogen) atoms. The van der Waals surface area contributed by atoms with E-state index in [0.717, 1.165) is 4.90 Å². The van der Waals surface area contributed by atoms with E-state index in [9.17, 15) is 9.59 Å². The van der Waals surface area contributed by atoms with Crippen LogP contribution in [0.1, 0.15) is 10.4 Å². The summed E-state index contributed by atoms with van der Waals surface area (Å²) in [5, 5.41) is 11.3. The second-order valence-electron chi connectivity index (χ2n) is 4.55. The average molecular weight is 405 g/mol. The topological polar surface area (TPSA) is 79.2 Å². The molecule has 122 valence electrons. The van der Waals surface area contributed by atoms with Crippen LogP contribution in [0, 0.1) is 11.3 Å². The van der Waals surface area contributed by atoms with Crippen molar-refractivity contribution in [2.24, 2.45) is 0 Å². The average Bonchev–Trinajstić information content (AvgIpc) is 2.59. The number of hydrogen-bond acceptors (Lipinski definition) is 5.